The van der Waals surface area contributed by atoms with Gasteiger partial charge in [0.2, 0.25) is 5.82 Å². The number of aromatic amines is 1. The molecule has 0 saturated heterocycles. The lowest BCUT2D eigenvalue weighted by Crippen LogP contribution is -2.39. The molecule has 0 fully saturated rings. The molecule has 0 atom stereocenters. The number of rotatable bonds is 3. The Balaban J connectivity index is 2.28. The molecule has 2 N–H and O–H groups in total. The molecule has 0 aliphatic rings. The summed E-state index contributed by atoms with van der Waals surface area (Å²) in [6.45, 7) is 0.191. The molecule has 0 radical (unpaired) electrons. The Kier molecular flexibility index (Phi) is 2.68. The quantitative estimate of drug-likeness (QED) is 0.611. The molecular weight excluding hydrogens is 228 g/mol. The molecule has 0 spiro atoms. The van der Waals surface area contributed by atoms with Crippen molar-refractivity contribution in [3.8, 4) is 0 Å². The van der Waals surface area contributed by atoms with Crippen molar-refractivity contribution in [1.29, 1.82) is 0 Å². The van der Waals surface area contributed by atoms with Crippen molar-refractivity contribution in [3.05, 3.63) is 26.7 Å². The maximum atomic E-state index is 11.7. The minimum Gasteiger partial charge on any atom is -0.357 e. The smallest absolute Gasteiger partial charge is 0.346 e. The van der Waals surface area contributed by atoms with Gasteiger partial charge in [-0.1, -0.05) is 5.21 Å². The third kappa shape index (κ3) is 2.04. The summed E-state index contributed by atoms with van der Waals surface area (Å²) in [5, 5.41) is 19.6. The second-order valence-corrected chi connectivity index (χ2v) is 3.30. The van der Waals surface area contributed by atoms with Crippen LogP contribution in [-0.4, -0.2) is 35.0 Å². The molecule has 0 amide bonds. The van der Waals surface area contributed by atoms with Gasteiger partial charge in [-0.2, -0.15) is 5.21 Å². The van der Waals surface area contributed by atoms with Crippen LogP contribution in [0.3, 0.4) is 0 Å². The van der Waals surface area contributed by atoms with E-state index in [2.05, 4.69) is 31.0 Å². The highest BCUT2D eigenvalue weighted by molar-refractivity contribution is 5.29. The van der Waals surface area contributed by atoms with Crippen molar-refractivity contribution in [2.75, 3.05) is 5.32 Å². The number of tetrazole rings is 1. The summed E-state index contributed by atoms with van der Waals surface area (Å²) in [6.07, 6.45) is 0. The summed E-state index contributed by atoms with van der Waals surface area (Å²) in [4.78, 5) is 23.0. The first-order valence-electron chi connectivity index (χ1n) is 4.70. The molecule has 2 aromatic rings. The van der Waals surface area contributed by atoms with Gasteiger partial charge in [-0.05, 0) is 0 Å². The van der Waals surface area contributed by atoms with E-state index >= 15 is 0 Å². The molecule has 10 nitrogen and oxygen atoms in total. The summed E-state index contributed by atoms with van der Waals surface area (Å²) >= 11 is 0. The van der Waals surface area contributed by atoms with E-state index in [9.17, 15) is 9.59 Å². The first kappa shape index (κ1) is 11.0. The van der Waals surface area contributed by atoms with Gasteiger partial charge >= 0.3 is 5.69 Å². The Hall–Kier alpha value is -2.52. The van der Waals surface area contributed by atoms with Crippen LogP contribution in [0.15, 0.2) is 9.59 Å². The number of nitrogens with one attached hydrogen (secondary N) is 2. The normalized spacial score (nSPS) is 10.5. The lowest BCUT2D eigenvalue weighted by atomic mass is 10.5. The number of hydrogen-bond acceptors (Lipinski definition) is 7. The summed E-state index contributed by atoms with van der Waals surface area (Å²) in [6, 6.07) is 0. The largest absolute Gasteiger partial charge is 0.357 e. The summed E-state index contributed by atoms with van der Waals surface area (Å²) in [5.74, 6) is 0.446. The average molecular weight is 238 g/mol. The maximum Gasteiger partial charge on any atom is 0.346 e. The van der Waals surface area contributed by atoms with E-state index < -0.39 is 11.2 Å². The number of nitrogens with zero attached hydrogens (tertiary/aromatic N) is 6. The first-order valence-corrected chi connectivity index (χ1v) is 4.70. The monoisotopic (exact) mass is 238 g/mol. The minimum absolute atomic E-state index is 0.0550. The van der Waals surface area contributed by atoms with Crippen molar-refractivity contribution >= 4 is 5.82 Å². The highest BCUT2D eigenvalue weighted by Crippen LogP contribution is 1.92. The Bertz CT molecular complexity index is 624. The number of anilines is 1. The highest BCUT2D eigenvalue weighted by atomic mass is 16.2. The van der Waals surface area contributed by atoms with Gasteiger partial charge in [-0.25, -0.2) is 9.48 Å². The first-order chi connectivity index (χ1) is 8.09. The molecule has 0 aliphatic heterocycles. The van der Waals surface area contributed by atoms with Gasteiger partial charge in [0, 0.05) is 14.1 Å². The van der Waals surface area contributed by atoms with Crippen LogP contribution in [0.2, 0.25) is 0 Å². The van der Waals surface area contributed by atoms with Crippen LogP contribution in [-0.2, 0) is 20.6 Å². The standard InChI is InChI=1S/C7H10N8O2/c1-14-6(16)5(11-15(2)7(14)17)8-3-4-9-12-13-10-4/h3H2,1-2H3,(H,8,11)(H,9,10,12,13). The Morgan fingerprint density at radius 3 is 2.76 bits per heavy atom. The zero-order valence-electron chi connectivity index (χ0n) is 9.21. The van der Waals surface area contributed by atoms with Crippen molar-refractivity contribution in [3.63, 3.8) is 0 Å². The third-order valence-electron chi connectivity index (χ3n) is 2.12. The minimum atomic E-state index is -0.503. The van der Waals surface area contributed by atoms with Crippen LogP contribution >= 0.6 is 0 Å². The Morgan fingerprint density at radius 2 is 2.12 bits per heavy atom. The van der Waals surface area contributed by atoms with Gasteiger partial charge in [-0.15, -0.1) is 15.3 Å². The van der Waals surface area contributed by atoms with Crippen LogP contribution in [0.25, 0.3) is 0 Å². The number of aromatic nitrogens is 7. The second kappa shape index (κ2) is 4.15. The predicted molar refractivity (Wildman–Crippen MR) is 56.2 cm³/mol. The maximum absolute atomic E-state index is 11.7. The van der Waals surface area contributed by atoms with Crippen LogP contribution in [0.1, 0.15) is 5.82 Å². The molecule has 0 aliphatic carbocycles. The predicted octanol–water partition coefficient (Wildman–Crippen LogP) is -2.40. The van der Waals surface area contributed by atoms with E-state index in [4.69, 9.17) is 0 Å². The van der Waals surface area contributed by atoms with E-state index in [1.807, 2.05) is 0 Å². The van der Waals surface area contributed by atoms with Gasteiger partial charge in [-0.3, -0.25) is 9.36 Å². The van der Waals surface area contributed by atoms with Gasteiger partial charge in [0.1, 0.15) is 0 Å². The summed E-state index contributed by atoms with van der Waals surface area (Å²) in [5.41, 5.74) is -0.989. The van der Waals surface area contributed by atoms with E-state index in [0.717, 1.165) is 9.25 Å². The van der Waals surface area contributed by atoms with E-state index in [0.29, 0.717) is 5.82 Å². The molecule has 0 aromatic carbocycles. The Labute approximate surface area is 94.3 Å². The van der Waals surface area contributed by atoms with Crippen LogP contribution in [0.4, 0.5) is 5.82 Å². The lowest BCUT2D eigenvalue weighted by molar-refractivity contribution is 0.604. The highest BCUT2D eigenvalue weighted by Gasteiger charge is 2.08. The molecule has 10 heteroatoms. The fraction of sp³-hybridized carbons (Fsp3) is 0.429. The molecule has 2 rings (SSSR count). The SMILES string of the molecule is Cn1nc(NCc2nn[nH]n2)c(=O)n(C)c1=O. The van der Waals surface area contributed by atoms with Crippen LogP contribution in [0, 0.1) is 0 Å². The topological polar surface area (TPSA) is 123 Å². The molecular formula is C7H10N8O2. The zero-order valence-corrected chi connectivity index (χ0v) is 9.21. The van der Waals surface area contributed by atoms with Gasteiger partial charge in [0.05, 0.1) is 6.54 Å². The average Bonchev–Trinajstić information content (AvgIpc) is 2.82. The lowest BCUT2D eigenvalue weighted by Gasteiger charge is -2.05. The van der Waals surface area contributed by atoms with Gasteiger partial charge in [0.15, 0.2) is 5.82 Å². The fourth-order valence-corrected chi connectivity index (χ4v) is 1.23. The zero-order chi connectivity index (χ0) is 12.4. The van der Waals surface area contributed by atoms with Crippen LogP contribution in [0.5, 0.6) is 0 Å². The second-order valence-electron chi connectivity index (χ2n) is 3.30. The summed E-state index contributed by atoms with van der Waals surface area (Å²) in [7, 11) is 2.84. The Morgan fingerprint density at radius 1 is 1.35 bits per heavy atom. The van der Waals surface area contributed by atoms with E-state index in [1.54, 1.807) is 0 Å². The van der Waals surface area contributed by atoms with Crippen LogP contribution < -0.4 is 16.6 Å². The van der Waals surface area contributed by atoms with Crippen molar-refractivity contribution in [1.82, 2.24) is 35.0 Å². The molecule has 17 heavy (non-hydrogen) atoms. The molecule has 2 aromatic heterocycles. The third-order valence-corrected chi connectivity index (χ3v) is 2.12. The molecule has 0 bridgehead atoms. The van der Waals surface area contributed by atoms with E-state index in [-0.39, 0.29) is 12.4 Å². The molecule has 2 heterocycles. The molecule has 0 saturated carbocycles. The summed E-state index contributed by atoms with van der Waals surface area (Å²) < 4.78 is 2.03. The number of H-pyrrole nitrogens is 1. The number of hydrogen-bond donors (Lipinski definition) is 2. The number of aryl methyl sites for hydroxylation is 1. The van der Waals surface area contributed by atoms with Crippen molar-refractivity contribution < 1.29 is 0 Å². The van der Waals surface area contributed by atoms with Gasteiger partial charge < -0.3 is 5.32 Å². The molecule has 0 unspecified atom stereocenters. The van der Waals surface area contributed by atoms with Gasteiger partial charge in [0.25, 0.3) is 5.56 Å². The van der Waals surface area contributed by atoms with Crippen molar-refractivity contribution in [2.45, 2.75) is 6.54 Å². The van der Waals surface area contributed by atoms with E-state index in [1.165, 1.54) is 14.1 Å². The van der Waals surface area contributed by atoms with Crippen molar-refractivity contribution in [2.24, 2.45) is 14.1 Å². The molecule has 90 valence electrons. The fourth-order valence-electron chi connectivity index (χ4n) is 1.23.